The van der Waals surface area contributed by atoms with Gasteiger partial charge in [0, 0.05) is 44.8 Å². The molecule has 0 atom stereocenters. The van der Waals surface area contributed by atoms with Gasteiger partial charge in [0.05, 0.1) is 28.5 Å². The summed E-state index contributed by atoms with van der Waals surface area (Å²) in [4.78, 5) is 39.7. The third kappa shape index (κ3) is 5.40. The summed E-state index contributed by atoms with van der Waals surface area (Å²) >= 11 is 3.14. The highest BCUT2D eigenvalue weighted by molar-refractivity contribution is 9.09. The first kappa shape index (κ1) is 23.6. The van der Waals surface area contributed by atoms with Crippen molar-refractivity contribution < 1.29 is 14.3 Å². The van der Waals surface area contributed by atoms with Gasteiger partial charge in [0.25, 0.3) is 5.91 Å². The van der Waals surface area contributed by atoms with Crippen molar-refractivity contribution in [1.82, 2.24) is 19.5 Å². The Morgan fingerprint density at radius 2 is 1.88 bits per heavy atom. The van der Waals surface area contributed by atoms with Crippen LogP contribution in [0.25, 0.3) is 11.0 Å². The van der Waals surface area contributed by atoms with Gasteiger partial charge in [-0.25, -0.2) is 15.0 Å². The maximum atomic E-state index is 12.8. The Morgan fingerprint density at radius 1 is 1.16 bits per heavy atom. The fourth-order valence-electron chi connectivity index (χ4n) is 3.18. The molecule has 0 spiro atoms. The average molecular weight is 504 g/mol. The molecule has 2 heterocycles. The maximum Gasteiger partial charge on any atom is 0.261 e. The van der Waals surface area contributed by atoms with Gasteiger partial charge in [0.15, 0.2) is 0 Å². The zero-order chi connectivity index (χ0) is 23.1. The topological polar surface area (TPSA) is 114 Å². The lowest BCUT2D eigenvalue weighted by atomic mass is 10.2. The number of methoxy groups -OCH3 is 1. The number of fused-ring (bicyclic) bond motifs is 1. The van der Waals surface area contributed by atoms with Crippen LogP contribution in [0.15, 0.2) is 30.6 Å². The van der Waals surface area contributed by atoms with E-state index in [0.717, 1.165) is 18.6 Å². The zero-order valence-corrected chi connectivity index (χ0v) is 19.8. The van der Waals surface area contributed by atoms with Gasteiger partial charge >= 0.3 is 0 Å². The van der Waals surface area contributed by atoms with E-state index in [1.807, 2.05) is 29.4 Å². The van der Waals surface area contributed by atoms with Crippen LogP contribution in [0.1, 0.15) is 24.2 Å². The summed E-state index contributed by atoms with van der Waals surface area (Å²) in [6, 6.07) is 5.37. The highest BCUT2D eigenvalue weighted by atomic mass is 79.9. The van der Waals surface area contributed by atoms with Gasteiger partial charge in [-0.3, -0.25) is 14.9 Å². The summed E-state index contributed by atoms with van der Waals surface area (Å²) in [7, 11) is 1.60. The molecule has 0 saturated heterocycles. The number of rotatable bonds is 10. The number of nitrogens with one attached hydrogen (secondary N) is 2. The molecule has 0 saturated carbocycles. The predicted molar refractivity (Wildman–Crippen MR) is 128 cm³/mol. The van der Waals surface area contributed by atoms with E-state index in [1.165, 1.54) is 12.4 Å². The molecule has 2 N–H and O–H groups in total. The minimum Gasteiger partial charge on any atom is -0.383 e. The lowest BCUT2D eigenvalue weighted by Gasteiger charge is -2.18. The second-order valence-electron chi connectivity index (χ2n) is 6.86. The Labute approximate surface area is 194 Å². The van der Waals surface area contributed by atoms with E-state index in [2.05, 4.69) is 41.5 Å². The van der Waals surface area contributed by atoms with Crippen LogP contribution in [0.5, 0.6) is 0 Å². The van der Waals surface area contributed by atoms with Crippen LogP contribution in [0.4, 0.5) is 17.6 Å². The van der Waals surface area contributed by atoms with Crippen molar-refractivity contribution in [2.45, 2.75) is 20.4 Å². The lowest BCUT2D eigenvalue weighted by Crippen LogP contribution is -2.24. The Morgan fingerprint density at radius 3 is 2.50 bits per heavy atom. The fraction of sp³-hybridized carbons (Fsp3) is 0.381. The van der Waals surface area contributed by atoms with E-state index in [-0.39, 0.29) is 17.1 Å². The number of anilines is 3. The van der Waals surface area contributed by atoms with Crippen LogP contribution >= 0.6 is 15.9 Å². The summed E-state index contributed by atoms with van der Waals surface area (Å²) < 4.78 is 7.05. The summed E-state index contributed by atoms with van der Waals surface area (Å²) in [6.07, 6.45) is 3.01. The first-order valence-electron chi connectivity index (χ1n) is 10.2. The number of carbonyl (C=O) groups is 2. The van der Waals surface area contributed by atoms with Crippen molar-refractivity contribution in [3.05, 3.63) is 36.2 Å². The van der Waals surface area contributed by atoms with E-state index in [9.17, 15) is 9.59 Å². The molecule has 11 heteroatoms. The first-order valence-corrected chi connectivity index (χ1v) is 11.4. The minimum absolute atomic E-state index is 0.158. The smallest absolute Gasteiger partial charge is 0.261 e. The number of alkyl halides is 1. The number of halogens is 1. The molecule has 0 aliphatic heterocycles. The quantitative estimate of drug-likeness (QED) is 0.408. The Kier molecular flexibility index (Phi) is 8.12. The van der Waals surface area contributed by atoms with Crippen LogP contribution in [-0.4, -0.2) is 63.5 Å². The standard InChI is InChI=1S/C21H26BrN7O3/c1-4-28(5-2)20-23-12-14(13-24-20)19(31)27-21-26-16-7-6-15(25-18(30)11-22)10-17(16)29(21)8-9-32-3/h6-7,10,12-13H,4-5,8-9,11H2,1-3H3,(H,25,30)(H,26,27,31). The number of hydrogen-bond acceptors (Lipinski definition) is 7. The predicted octanol–water partition coefficient (Wildman–Crippen LogP) is 2.90. The molecular formula is C21H26BrN7O3. The van der Waals surface area contributed by atoms with Gasteiger partial charge in [-0.1, -0.05) is 15.9 Å². The average Bonchev–Trinajstić information content (AvgIpc) is 3.14. The molecule has 0 unspecified atom stereocenters. The van der Waals surface area contributed by atoms with Crippen molar-refractivity contribution in [1.29, 1.82) is 0 Å². The third-order valence-electron chi connectivity index (χ3n) is 4.84. The molecule has 3 aromatic rings. The maximum absolute atomic E-state index is 12.8. The SMILES string of the molecule is CCN(CC)c1ncc(C(=O)Nc2nc3ccc(NC(=O)CBr)cc3n2CCOC)cn1. The summed E-state index contributed by atoms with van der Waals surface area (Å²) in [6.45, 7) is 6.50. The van der Waals surface area contributed by atoms with Gasteiger partial charge in [0.1, 0.15) is 0 Å². The number of hydrogen-bond donors (Lipinski definition) is 2. The lowest BCUT2D eigenvalue weighted by molar-refractivity contribution is -0.113. The minimum atomic E-state index is -0.363. The monoisotopic (exact) mass is 503 g/mol. The summed E-state index contributed by atoms with van der Waals surface area (Å²) in [5.74, 6) is 0.433. The molecule has 0 aliphatic carbocycles. The van der Waals surface area contributed by atoms with Gasteiger partial charge in [-0.2, -0.15) is 0 Å². The number of imidazole rings is 1. The second-order valence-corrected chi connectivity index (χ2v) is 7.42. The van der Waals surface area contributed by atoms with Crippen LogP contribution < -0.4 is 15.5 Å². The Bertz CT molecular complexity index is 1080. The van der Waals surface area contributed by atoms with Crippen molar-refractivity contribution >= 4 is 56.4 Å². The fourth-order valence-corrected chi connectivity index (χ4v) is 3.32. The van der Waals surface area contributed by atoms with Gasteiger partial charge in [-0.15, -0.1) is 0 Å². The second kappa shape index (κ2) is 11.0. The molecule has 0 bridgehead atoms. The Balaban J connectivity index is 1.88. The van der Waals surface area contributed by atoms with Crippen LogP contribution in [0, 0.1) is 0 Å². The normalized spacial score (nSPS) is 10.9. The number of carbonyl (C=O) groups excluding carboxylic acids is 2. The van der Waals surface area contributed by atoms with E-state index in [1.54, 1.807) is 19.2 Å². The number of benzene rings is 1. The largest absolute Gasteiger partial charge is 0.383 e. The molecule has 0 fully saturated rings. The number of nitrogens with zero attached hydrogens (tertiary/aromatic N) is 5. The highest BCUT2D eigenvalue weighted by Crippen LogP contribution is 2.24. The molecule has 0 aliphatic rings. The molecular weight excluding hydrogens is 478 g/mol. The summed E-state index contributed by atoms with van der Waals surface area (Å²) in [5, 5.41) is 5.84. The van der Waals surface area contributed by atoms with Crippen LogP contribution in [0.3, 0.4) is 0 Å². The molecule has 32 heavy (non-hydrogen) atoms. The Hall–Kier alpha value is -3.05. The molecule has 3 rings (SSSR count). The molecule has 2 amide bonds. The number of ether oxygens (including phenoxy) is 1. The van der Waals surface area contributed by atoms with Crippen LogP contribution in [-0.2, 0) is 16.1 Å². The van der Waals surface area contributed by atoms with Gasteiger partial charge in [0.2, 0.25) is 17.8 Å². The molecule has 10 nitrogen and oxygen atoms in total. The van der Waals surface area contributed by atoms with Crippen molar-refractivity contribution in [2.24, 2.45) is 0 Å². The molecule has 2 aromatic heterocycles. The highest BCUT2D eigenvalue weighted by Gasteiger charge is 2.16. The van der Waals surface area contributed by atoms with E-state index < -0.39 is 0 Å². The molecule has 1 aromatic carbocycles. The summed E-state index contributed by atoms with van der Waals surface area (Å²) in [5.41, 5.74) is 2.41. The van der Waals surface area contributed by atoms with Crippen molar-refractivity contribution in [3.8, 4) is 0 Å². The third-order valence-corrected chi connectivity index (χ3v) is 5.35. The van der Waals surface area contributed by atoms with Gasteiger partial charge in [-0.05, 0) is 32.0 Å². The van der Waals surface area contributed by atoms with E-state index in [4.69, 9.17) is 4.74 Å². The first-order chi connectivity index (χ1) is 15.5. The molecule has 0 radical (unpaired) electrons. The van der Waals surface area contributed by atoms with Crippen molar-refractivity contribution in [3.63, 3.8) is 0 Å². The molecule has 170 valence electrons. The van der Waals surface area contributed by atoms with Gasteiger partial charge < -0.3 is 19.5 Å². The number of aromatic nitrogens is 4. The zero-order valence-electron chi connectivity index (χ0n) is 18.3. The van der Waals surface area contributed by atoms with Crippen molar-refractivity contribution in [2.75, 3.05) is 47.7 Å². The van der Waals surface area contributed by atoms with Crippen LogP contribution in [0.2, 0.25) is 0 Å². The van der Waals surface area contributed by atoms with E-state index >= 15 is 0 Å². The number of amides is 2. The van der Waals surface area contributed by atoms with E-state index in [0.29, 0.717) is 41.8 Å².